The molecule has 7 nitrogen and oxygen atoms in total. The van der Waals surface area contributed by atoms with E-state index in [1.54, 1.807) is 7.11 Å². The van der Waals surface area contributed by atoms with E-state index in [-0.39, 0.29) is 0 Å². The summed E-state index contributed by atoms with van der Waals surface area (Å²) in [5.74, 6) is 2.99. The molecule has 148 valence electrons. The summed E-state index contributed by atoms with van der Waals surface area (Å²) >= 11 is 4.97. The van der Waals surface area contributed by atoms with Gasteiger partial charge in [-0.25, -0.2) is 0 Å². The molecule has 9 heteroatoms. The number of nitrogens with zero attached hydrogens (tertiary/aromatic N) is 5. The average Bonchev–Trinajstić information content (AvgIpc) is 3.39. The number of benzene rings is 2. The molecule has 0 aliphatic carbocycles. The summed E-state index contributed by atoms with van der Waals surface area (Å²) in [6.45, 7) is 2.83. The molecule has 0 radical (unpaired) electrons. The lowest BCUT2D eigenvalue weighted by Gasteiger charge is -2.06. The third-order valence-corrected chi connectivity index (χ3v) is 5.74. The van der Waals surface area contributed by atoms with Crippen molar-refractivity contribution in [3.63, 3.8) is 0 Å². The molecule has 4 aromatic rings. The Morgan fingerprint density at radius 3 is 2.59 bits per heavy atom. The van der Waals surface area contributed by atoms with Gasteiger partial charge in [0, 0.05) is 16.6 Å². The van der Waals surface area contributed by atoms with Crippen LogP contribution < -0.4 is 4.74 Å². The zero-order chi connectivity index (χ0) is 20.2. The largest absolute Gasteiger partial charge is 0.496 e. The molecule has 0 unspecified atom stereocenters. The summed E-state index contributed by atoms with van der Waals surface area (Å²) in [6.07, 6.45) is 0. The monoisotopic (exact) mass is 471 g/mol. The van der Waals surface area contributed by atoms with E-state index in [0.717, 1.165) is 33.1 Å². The molecular formula is C20H18BrN5O2S. The average molecular weight is 472 g/mol. The zero-order valence-electron chi connectivity index (χ0n) is 15.9. The molecule has 0 aliphatic rings. The first-order valence-electron chi connectivity index (χ1n) is 8.97. The number of aromatic nitrogens is 5. The van der Waals surface area contributed by atoms with E-state index in [0.29, 0.717) is 23.3 Å². The van der Waals surface area contributed by atoms with E-state index < -0.39 is 0 Å². The molecule has 0 amide bonds. The fourth-order valence-corrected chi connectivity index (χ4v) is 3.96. The van der Waals surface area contributed by atoms with Crippen molar-refractivity contribution >= 4 is 27.7 Å². The minimum Gasteiger partial charge on any atom is -0.496 e. The van der Waals surface area contributed by atoms with Crippen molar-refractivity contribution in [3.05, 3.63) is 58.9 Å². The summed E-state index contributed by atoms with van der Waals surface area (Å²) in [4.78, 5) is 0. The Morgan fingerprint density at radius 1 is 1.03 bits per heavy atom. The lowest BCUT2D eigenvalue weighted by Crippen LogP contribution is -1.99. The maximum atomic E-state index is 5.83. The predicted octanol–water partition coefficient (Wildman–Crippen LogP) is 5.08. The number of para-hydroxylation sites is 1. The van der Waals surface area contributed by atoms with Crippen LogP contribution in [0.25, 0.3) is 22.8 Å². The van der Waals surface area contributed by atoms with Gasteiger partial charge in [-0.05, 0) is 31.2 Å². The number of methoxy groups -OCH3 is 1. The molecule has 2 aromatic carbocycles. The normalized spacial score (nSPS) is 11.0. The molecule has 0 bridgehead atoms. The minimum absolute atomic E-state index is 0.436. The van der Waals surface area contributed by atoms with Gasteiger partial charge in [0.25, 0.3) is 5.89 Å². The van der Waals surface area contributed by atoms with Gasteiger partial charge in [0.1, 0.15) is 5.75 Å². The lowest BCUT2D eigenvalue weighted by atomic mass is 10.2. The predicted molar refractivity (Wildman–Crippen MR) is 115 cm³/mol. The molecule has 0 saturated carbocycles. The van der Waals surface area contributed by atoms with E-state index >= 15 is 0 Å². The van der Waals surface area contributed by atoms with Crippen LogP contribution in [0.1, 0.15) is 12.8 Å². The molecule has 0 N–H and O–H groups in total. The molecule has 0 aliphatic heterocycles. The van der Waals surface area contributed by atoms with Crippen LogP contribution in [0.3, 0.4) is 0 Å². The summed E-state index contributed by atoms with van der Waals surface area (Å²) in [7, 11) is 1.62. The minimum atomic E-state index is 0.436. The lowest BCUT2D eigenvalue weighted by molar-refractivity contribution is 0.414. The van der Waals surface area contributed by atoms with Crippen molar-refractivity contribution in [1.29, 1.82) is 0 Å². The van der Waals surface area contributed by atoms with E-state index in [1.807, 2.05) is 48.5 Å². The van der Waals surface area contributed by atoms with E-state index in [2.05, 4.69) is 47.8 Å². The van der Waals surface area contributed by atoms with Gasteiger partial charge in [-0.2, -0.15) is 0 Å². The van der Waals surface area contributed by atoms with Gasteiger partial charge in [0.2, 0.25) is 5.89 Å². The van der Waals surface area contributed by atoms with Crippen LogP contribution in [-0.2, 0) is 12.3 Å². The number of ether oxygens (including phenoxy) is 1. The molecule has 0 atom stereocenters. The van der Waals surface area contributed by atoms with Crippen molar-refractivity contribution in [1.82, 2.24) is 25.0 Å². The Balaban J connectivity index is 1.51. The highest BCUT2D eigenvalue weighted by Crippen LogP contribution is 2.30. The number of rotatable bonds is 7. The fourth-order valence-electron chi connectivity index (χ4n) is 2.86. The maximum absolute atomic E-state index is 5.83. The second-order valence-corrected chi connectivity index (χ2v) is 7.91. The van der Waals surface area contributed by atoms with Crippen molar-refractivity contribution in [3.8, 4) is 28.6 Å². The van der Waals surface area contributed by atoms with Gasteiger partial charge in [-0.1, -0.05) is 52.0 Å². The van der Waals surface area contributed by atoms with Crippen LogP contribution in [0.4, 0.5) is 0 Å². The second-order valence-electron chi connectivity index (χ2n) is 6.05. The summed E-state index contributed by atoms with van der Waals surface area (Å²) in [5, 5.41) is 17.8. The number of hydrogen-bond acceptors (Lipinski definition) is 7. The molecular weight excluding hydrogens is 454 g/mol. The topological polar surface area (TPSA) is 78.9 Å². The molecule has 0 fully saturated rings. The van der Waals surface area contributed by atoms with E-state index in [1.165, 1.54) is 11.8 Å². The quantitative estimate of drug-likeness (QED) is 0.347. The van der Waals surface area contributed by atoms with Gasteiger partial charge in [-0.15, -0.1) is 20.4 Å². The molecule has 2 heterocycles. The Morgan fingerprint density at radius 2 is 1.83 bits per heavy atom. The Bertz CT molecular complexity index is 1110. The zero-order valence-corrected chi connectivity index (χ0v) is 18.3. The van der Waals surface area contributed by atoms with Gasteiger partial charge in [0.05, 0.1) is 18.4 Å². The van der Waals surface area contributed by atoms with Crippen LogP contribution in [0.15, 0.2) is 62.6 Å². The van der Waals surface area contributed by atoms with Crippen LogP contribution in [0.2, 0.25) is 0 Å². The molecule has 0 spiro atoms. The number of halogens is 1. The smallest absolute Gasteiger partial charge is 0.251 e. The van der Waals surface area contributed by atoms with Crippen molar-refractivity contribution in [2.24, 2.45) is 0 Å². The SMILES string of the molecule is CCn1c(SCc2nnc(-c3ccccc3OC)o2)nnc1-c1ccc(Br)cc1. The van der Waals surface area contributed by atoms with Gasteiger partial charge < -0.3 is 13.7 Å². The van der Waals surface area contributed by atoms with Gasteiger partial charge >= 0.3 is 0 Å². The first-order chi connectivity index (χ1) is 14.2. The number of hydrogen-bond donors (Lipinski definition) is 0. The highest BCUT2D eigenvalue weighted by Gasteiger charge is 2.16. The van der Waals surface area contributed by atoms with Crippen LogP contribution in [0.5, 0.6) is 5.75 Å². The molecule has 29 heavy (non-hydrogen) atoms. The first kappa shape index (κ1) is 19.7. The highest BCUT2D eigenvalue weighted by molar-refractivity contribution is 9.10. The Labute approximate surface area is 180 Å². The maximum Gasteiger partial charge on any atom is 0.251 e. The third kappa shape index (κ3) is 4.20. The first-order valence-corrected chi connectivity index (χ1v) is 10.7. The highest BCUT2D eigenvalue weighted by atomic mass is 79.9. The standard InChI is InChI=1S/C20H18BrN5O2S/c1-3-26-18(13-8-10-14(21)11-9-13)23-25-20(26)29-12-17-22-24-19(28-17)15-6-4-5-7-16(15)27-2/h4-11H,3,12H2,1-2H3. The fraction of sp³-hybridized carbons (Fsp3) is 0.200. The van der Waals surface area contributed by atoms with Crippen LogP contribution in [-0.4, -0.2) is 32.1 Å². The summed E-state index contributed by atoms with van der Waals surface area (Å²) in [5.41, 5.74) is 1.79. The third-order valence-electron chi connectivity index (χ3n) is 4.26. The molecule has 0 saturated heterocycles. The van der Waals surface area contributed by atoms with E-state index in [9.17, 15) is 0 Å². The van der Waals surface area contributed by atoms with Crippen LogP contribution in [0, 0.1) is 0 Å². The van der Waals surface area contributed by atoms with E-state index in [4.69, 9.17) is 9.15 Å². The van der Waals surface area contributed by atoms with Gasteiger partial charge in [0.15, 0.2) is 11.0 Å². The molecule has 4 rings (SSSR count). The Hall–Kier alpha value is -2.65. The van der Waals surface area contributed by atoms with Crippen LogP contribution >= 0.6 is 27.7 Å². The molecule has 2 aromatic heterocycles. The van der Waals surface area contributed by atoms with Gasteiger partial charge in [-0.3, -0.25) is 0 Å². The Kier molecular flexibility index (Phi) is 5.96. The summed E-state index contributed by atoms with van der Waals surface area (Å²) in [6, 6.07) is 15.6. The van der Waals surface area contributed by atoms with Crippen molar-refractivity contribution < 1.29 is 9.15 Å². The number of thioether (sulfide) groups is 1. The summed E-state index contributed by atoms with van der Waals surface area (Å²) < 4.78 is 14.3. The second kappa shape index (κ2) is 8.79. The van der Waals surface area contributed by atoms with Crippen molar-refractivity contribution in [2.45, 2.75) is 24.4 Å². The van der Waals surface area contributed by atoms with Crippen molar-refractivity contribution in [2.75, 3.05) is 7.11 Å².